The SMILES string of the molecule is CCOc1c(CC(CN)CN)cc(Cl)cc1C(C)C. The third kappa shape index (κ3) is 4.37. The van der Waals surface area contributed by atoms with Gasteiger partial charge in [-0.1, -0.05) is 25.4 Å². The second-order valence-corrected chi connectivity index (χ2v) is 5.55. The van der Waals surface area contributed by atoms with E-state index in [1.807, 2.05) is 19.1 Å². The maximum absolute atomic E-state index is 6.22. The predicted octanol–water partition coefficient (Wildman–Crippen LogP) is 2.94. The summed E-state index contributed by atoms with van der Waals surface area (Å²) < 4.78 is 5.83. The Morgan fingerprint density at radius 1 is 1.21 bits per heavy atom. The first kappa shape index (κ1) is 16.3. The van der Waals surface area contributed by atoms with Crippen LogP contribution in [0.5, 0.6) is 5.75 Å². The number of benzene rings is 1. The monoisotopic (exact) mass is 284 g/mol. The van der Waals surface area contributed by atoms with Crippen LogP contribution in [-0.4, -0.2) is 19.7 Å². The number of ether oxygens (including phenoxy) is 1. The van der Waals surface area contributed by atoms with Crippen molar-refractivity contribution in [1.82, 2.24) is 0 Å². The molecule has 0 aliphatic heterocycles. The third-order valence-electron chi connectivity index (χ3n) is 3.25. The number of rotatable bonds is 7. The Labute approximate surface area is 121 Å². The molecule has 108 valence electrons. The van der Waals surface area contributed by atoms with E-state index >= 15 is 0 Å². The molecule has 0 fully saturated rings. The molecule has 0 unspecified atom stereocenters. The normalized spacial score (nSPS) is 11.4. The molecule has 0 aliphatic rings. The summed E-state index contributed by atoms with van der Waals surface area (Å²) in [5, 5.41) is 0.745. The van der Waals surface area contributed by atoms with Crippen molar-refractivity contribution in [2.45, 2.75) is 33.1 Å². The van der Waals surface area contributed by atoms with E-state index in [1.54, 1.807) is 0 Å². The van der Waals surface area contributed by atoms with Crippen LogP contribution in [0.15, 0.2) is 12.1 Å². The van der Waals surface area contributed by atoms with Crippen molar-refractivity contribution in [3.05, 3.63) is 28.3 Å². The molecule has 0 aromatic heterocycles. The molecule has 0 atom stereocenters. The van der Waals surface area contributed by atoms with E-state index < -0.39 is 0 Å². The Hall–Kier alpha value is -0.770. The molecule has 0 saturated carbocycles. The smallest absolute Gasteiger partial charge is 0.126 e. The molecular formula is C15H25ClN2O. The van der Waals surface area contributed by atoms with E-state index in [9.17, 15) is 0 Å². The second-order valence-electron chi connectivity index (χ2n) is 5.11. The summed E-state index contributed by atoms with van der Waals surface area (Å²) in [6.07, 6.45) is 0.808. The molecule has 19 heavy (non-hydrogen) atoms. The number of nitrogens with two attached hydrogens (primary N) is 2. The summed E-state index contributed by atoms with van der Waals surface area (Å²) in [4.78, 5) is 0. The van der Waals surface area contributed by atoms with E-state index in [-0.39, 0.29) is 5.92 Å². The first-order chi connectivity index (χ1) is 9.03. The zero-order chi connectivity index (χ0) is 14.4. The zero-order valence-electron chi connectivity index (χ0n) is 12.1. The molecule has 0 saturated heterocycles. The van der Waals surface area contributed by atoms with Crippen LogP contribution >= 0.6 is 11.6 Å². The Morgan fingerprint density at radius 2 is 1.84 bits per heavy atom. The molecule has 0 radical (unpaired) electrons. The van der Waals surface area contributed by atoms with Gasteiger partial charge in [-0.2, -0.15) is 0 Å². The standard InChI is InChI=1S/C15H25ClN2O/c1-4-19-15-12(5-11(8-17)9-18)6-13(16)7-14(15)10(2)3/h6-7,10-11H,4-5,8-9,17-18H2,1-3H3. The van der Waals surface area contributed by atoms with Gasteiger partial charge in [0.15, 0.2) is 0 Å². The quantitative estimate of drug-likeness (QED) is 0.809. The van der Waals surface area contributed by atoms with Gasteiger partial charge >= 0.3 is 0 Å². The summed E-state index contributed by atoms with van der Waals surface area (Å²) in [6.45, 7) is 8.07. The van der Waals surface area contributed by atoms with Gasteiger partial charge in [-0.05, 0) is 61.5 Å². The van der Waals surface area contributed by atoms with Crippen molar-refractivity contribution in [2.24, 2.45) is 17.4 Å². The fourth-order valence-electron chi connectivity index (χ4n) is 2.15. The molecule has 0 amide bonds. The van der Waals surface area contributed by atoms with E-state index in [0.717, 1.165) is 28.3 Å². The Kier molecular flexibility index (Phi) is 6.63. The van der Waals surface area contributed by atoms with Crippen LogP contribution in [0.4, 0.5) is 0 Å². The summed E-state index contributed by atoms with van der Waals surface area (Å²) in [7, 11) is 0. The number of halogens is 1. The fraction of sp³-hybridized carbons (Fsp3) is 0.600. The maximum Gasteiger partial charge on any atom is 0.126 e. The lowest BCUT2D eigenvalue weighted by Gasteiger charge is -2.20. The van der Waals surface area contributed by atoms with E-state index in [4.69, 9.17) is 27.8 Å². The van der Waals surface area contributed by atoms with Crippen molar-refractivity contribution in [2.75, 3.05) is 19.7 Å². The van der Waals surface area contributed by atoms with Crippen molar-refractivity contribution in [3.63, 3.8) is 0 Å². The Bertz CT molecular complexity index is 403. The molecule has 0 heterocycles. The van der Waals surface area contributed by atoms with Crippen LogP contribution in [0.2, 0.25) is 5.02 Å². The van der Waals surface area contributed by atoms with Crippen LogP contribution in [0.25, 0.3) is 0 Å². The van der Waals surface area contributed by atoms with Crippen LogP contribution in [0.1, 0.15) is 37.8 Å². The topological polar surface area (TPSA) is 61.3 Å². The van der Waals surface area contributed by atoms with Crippen molar-refractivity contribution < 1.29 is 4.74 Å². The largest absolute Gasteiger partial charge is 0.493 e. The van der Waals surface area contributed by atoms with Crippen LogP contribution < -0.4 is 16.2 Å². The molecule has 0 spiro atoms. The van der Waals surface area contributed by atoms with Crippen molar-refractivity contribution in [1.29, 1.82) is 0 Å². The van der Waals surface area contributed by atoms with E-state index in [2.05, 4.69) is 13.8 Å². The first-order valence-corrected chi connectivity index (χ1v) is 7.26. The molecule has 3 nitrogen and oxygen atoms in total. The highest BCUT2D eigenvalue weighted by atomic mass is 35.5. The fourth-order valence-corrected chi connectivity index (χ4v) is 2.40. The summed E-state index contributed by atoms with van der Waals surface area (Å²) in [5.41, 5.74) is 13.7. The lowest BCUT2D eigenvalue weighted by molar-refractivity contribution is 0.329. The van der Waals surface area contributed by atoms with Crippen LogP contribution in [0.3, 0.4) is 0 Å². The maximum atomic E-state index is 6.22. The first-order valence-electron chi connectivity index (χ1n) is 6.88. The molecule has 1 rings (SSSR count). The van der Waals surface area contributed by atoms with E-state index in [0.29, 0.717) is 25.6 Å². The van der Waals surface area contributed by atoms with Crippen LogP contribution in [-0.2, 0) is 6.42 Å². The van der Waals surface area contributed by atoms with Gasteiger partial charge in [0.1, 0.15) is 5.75 Å². The predicted molar refractivity (Wildman–Crippen MR) is 82.0 cm³/mol. The number of hydrogen-bond donors (Lipinski definition) is 2. The summed E-state index contributed by atoms with van der Waals surface area (Å²) in [6, 6.07) is 3.96. The van der Waals surface area contributed by atoms with Gasteiger partial charge in [-0.3, -0.25) is 0 Å². The molecule has 0 bridgehead atoms. The zero-order valence-corrected chi connectivity index (χ0v) is 12.8. The van der Waals surface area contributed by atoms with Gasteiger partial charge in [-0.15, -0.1) is 0 Å². The average molecular weight is 285 g/mol. The average Bonchev–Trinajstić information content (AvgIpc) is 2.38. The molecule has 4 N–H and O–H groups in total. The van der Waals surface area contributed by atoms with E-state index in [1.165, 1.54) is 0 Å². The second kappa shape index (κ2) is 7.73. The minimum absolute atomic E-state index is 0.262. The third-order valence-corrected chi connectivity index (χ3v) is 3.46. The van der Waals surface area contributed by atoms with Gasteiger partial charge in [0.25, 0.3) is 0 Å². The Balaban J connectivity index is 3.19. The minimum Gasteiger partial charge on any atom is -0.493 e. The molecule has 4 heteroatoms. The minimum atomic E-state index is 0.262. The van der Waals surface area contributed by atoms with Gasteiger partial charge < -0.3 is 16.2 Å². The van der Waals surface area contributed by atoms with Gasteiger partial charge in [0.05, 0.1) is 6.61 Å². The van der Waals surface area contributed by atoms with Gasteiger partial charge in [-0.25, -0.2) is 0 Å². The summed E-state index contributed by atoms with van der Waals surface area (Å²) >= 11 is 6.22. The molecular weight excluding hydrogens is 260 g/mol. The molecule has 1 aromatic carbocycles. The summed E-state index contributed by atoms with van der Waals surface area (Å²) in [5.74, 6) is 1.58. The highest BCUT2D eigenvalue weighted by molar-refractivity contribution is 6.30. The molecule has 1 aromatic rings. The van der Waals surface area contributed by atoms with Crippen molar-refractivity contribution in [3.8, 4) is 5.75 Å². The molecule has 0 aliphatic carbocycles. The lowest BCUT2D eigenvalue weighted by atomic mass is 9.93. The van der Waals surface area contributed by atoms with Crippen LogP contribution in [0, 0.1) is 5.92 Å². The lowest BCUT2D eigenvalue weighted by Crippen LogP contribution is -2.25. The van der Waals surface area contributed by atoms with Gasteiger partial charge in [0.2, 0.25) is 0 Å². The van der Waals surface area contributed by atoms with Crippen molar-refractivity contribution >= 4 is 11.6 Å². The Morgan fingerprint density at radius 3 is 2.32 bits per heavy atom. The van der Waals surface area contributed by atoms with Gasteiger partial charge in [0, 0.05) is 5.02 Å². The highest BCUT2D eigenvalue weighted by Crippen LogP contribution is 2.34. The number of hydrogen-bond acceptors (Lipinski definition) is 3. The highest BCUT2D eigenvalue weighted by Gasteiger charge is 2.17.